The lowest BCUT2D eigenvalue weighted by Gasteiger charge is -2.15. The minimum atomic E-state index is -2.83. The zero-order valence-corrected chi connectivity index (χ0v) is 15.5. The minimum Gasteiger partial charge on any atom is -0.357 e. The Morgan fingerprint density at radius 2 is 2.21 bits per heavy atom. The summed E-state index contributed by atoms with van der Waals surface area (Å²) >= 11 is 1.81. The van der Waals surface area contributed by atoms with E-state index in [1.54, 1.807) is 0 Å². The molecule has 0 aromatic rings. The van der Waals surface area contributed by atoms with Gasteiger partial charge in [-0.2, -0.15) is 11.8 Å². The van der Waals surface area contributed by atoms with E-state index in [1.807, 2.05) is 18.7 Å². The summed E-state index contributed by atoms with van der Waals surface area (Å²) in [6, 6.07) is 0.00773. The number of sulfone groups is 1. The Bertz CT molecular complexity index is 374. The molecule has 0 aliphatic carbocycles. The predicted molar refractivity (Wildman–Crippen MR) is 94.6 cm³/mol. The van der Waals surface area contributed by atoms with Gasteiger partial charge in [0.25, 0.3) is 0 Å². The van der Waals surface area contributed by atoms with Gasteiger partial charge in [0.05, 0.1) is 11.5 Å². The molecule has 19 heavy (non-hydrogen) atoms. The van der Waals surface area contributed by atoms with Gasteiger partial charge in [0.15, 0.2) is 15.8 Å². The number of hydrogen-bond donors (Lipinski definition) is 2. The van der Waals surface area contributed by atoms with E-state index in [0.717, 1.165) is 31.2 Å². The summed E-state index contributed by atoms with van der Waals surface area (Å²) in [5, 5.41) is 6.35. The maximum atomic E-state index is 11.4. The van der Waals surface area contributed by atoms with Crippen LogP contribution >= 0.6 is 35.7 Å². The fourth-order valence-corrected chi connectivity index (χ4v) is 3.91. The van der Waals surface area contributed by atoms with Crippen molar-refractivity contribution in [3.05, 3.63) is 0 Å². The Morgan fingerprint density at radius 3 is 2.74 bits per heavy atom. The van der Waals surface area contributed by atoms with E-state index in [1.165, 1.54) is 0 Å². The Morgan fingerprint density at radius 1 is 1.47 bits per heavy atom. The van der Waals surface area contributed by atoms with Crippen molar-refractivity contribution in [3.63, 3.8) is 0 Å². The summed E-state index contributed by atoms with van der Waals surface area (Å²) in [6.07, 6.45) is 3.80. The summed E-state index contributed by atoms with van der Waals surface area (Å²) in [4.78, 5) is 4.45. The van der Waals surface area contributed by atoms with Crippen molar-refractivity contribution in [2.75, 3.05) is 36.6 Å². The normalized spacial score (nSPS) is 21.8. The molecule has 5 nitrogen and oxygen atoms in total. The van der Waals surface area contributed by atoms with Gasteiger partial charge in [0, 0.05) is 19.1 Å². The third-order valence-corrected chi connectivity index (χ3v) is 5.16. The van der Waals surface area contributed by atoms with E-state index < -0.39 is 9.84 Å². The molecule has 1 unspecified atom stereocenters. The molecule has 1 aliphatic rings. The minimum absolute atomic E-state index is 0. The smallest absolute Gasteiger partial charge is 0.191 e. The number of rotatable bonds is 6. The summed E-state index contributed by atoms with van der Waals surface area (Å²) in [6.45, 7) is 3.56. The number of thioether (sulfide) groups is 1. The standard InChI is InChI=1S/C11H23N3O2S2.HI/c1-3-12-11(13-6-4-7-17-2)14-10-5-8-18(15,16)9-10;/h10H,3-9H2,1-2H3,(H2,12,13,14);1H. The second-order valence-electron chi connectivity index (χ2n) is 4.35. The summed E-state index contributed by atoms with van der Waals surface area (Å²) in [7, 11) is -2.83. The van der Waals surface area contributed by atoms with Gasteiger partial charge in [0.1, 0.15) is 0 Å². The van der Waals surface area contributed by atoms with E-state index in [2.05, 4.69) is 21.9 Å². The summed E-state index contributed by atoms with van der Waals surface area (Å²) in [5.74, 6) is 2.35. The van der Waals surface area contributed by atoms with Crippen molar-refractivity contribution in [1.82, 2.24) is 10.6 Å². The summed E-state index contributed by atoms with van der Waals surface area (Å²) < 4.78 is 22.8. The molecule has 2 N–H and O–H groups in total. The van der Waals surface area contributed by atoms with E-state index in [9.17, 15) is 8.42 Å². The van der Waals surface area contributed by atoms with Gasteiger partial charge < -0.3 is 10.6 Å². The number of hydrogen-bond acceptors (Lipinski definition) is 4. The Kier molecular flexibility index (Phi) is 10.2. The molecule has 1 heterocycles. The van der Waals surface area contributed by atoms with Crippen LogP contribution in [0.5, 0.6) is 0 Å². The summed E-state index contributed by atoms with van der Waals surface area (Å²) in [5.41, 5.74) is 0. The third kappa shape index (κ3) is 8.23. The molecule has 0 aromatic carbocycles. The van der Waals surface area contributed by atoms with Crippen LogP contribution in [0.15, 0.2) is 4.99 Å². The third-order valence-electron chi connectivity index (χ3n) is 2.69. The molecule has 114 valence electrons. The average molecular weight is 421 g/mol. The zero-order valence-electron chi connectivity index (χ0n) is 11.5. The van der Waals surface area contributed by atoms with Gasteiger partial charge in [-0.25, -0.2) is 8.42 Å². The Balaban J connectivity index is 0.00000324. The number of nitrogens with one attached hydrogen (secondary N) is 2. The molecule has 1 rings (SSSR count). The molecule has 0 bridgehead atoms. The fourth-order valence-electron chi connectivity index (χ4n) is 1.82. The first-order valence-electron chi connectivity index (χ1n) is 6.31. The molecule has 0 aromatic heterocycles. The van der Waals surface area contributed by atoms with Crippen molar-refractivity contribution in [1.29, 1.82) is 0 Å². The van der Waals surface area contributed by atoms with Gasteiger partial charge >= 0.3 is 0 Å². The topological polar surface area (TPSA) is 70.6 Å². The second kappa shape index (κ2) is 10.1. The van der Waals surface area contributed by atoms with Crippen LogP contribution in [0.1, 0.15) is 19.8 Å². The average Bonchev–Trinajstić information content (AvgIpc) is 2.64. The monoisotopic (exact) mass is 421 g/mol. The molecule has 1 aliphatic heterocycles. The maximum Gasteiger partial charge on any atom is 0.191 e. The lowest BCUT2D eigenvalue weighted by molar-refractivity contribution is 0.599. The number of aliphatic imine (C=N–C) groups is 1. The van der Waals surface area contributed by atoms with Crippen LogP contribution in [0.25, 0.3) is 0 Å². The molecule has 8 heteroatoms. The Labute approximate surface area is 137 Å². The highest BCUT2D eigenvalue weighted by Gasteiger charge is 2.28. The van der Waals surface area contributed by atoms with Gasteiger partial charge in [0.2, 0.25) is 0 Å². The Hall–Kier alpha value is 0.300. The van der Waals surface area contributed by atoms with E-state index in [0.29, 0.717) is 6.42 Å². The molecular formula is C11H24IN3O2S2. The van der Waals surface area contributed by atoms with Crippen molar-refractivity contribution >= 4 is 51.5 Å². The second-order valence-corrected chi connectivity index (χ2v) is 7.57. The number of guanidine groups is 1. The van der Waals surface area contributed by atoms with E-state index in [4.69, 9.17) is 0 Å². The molecule has 0 radical (unpaired) electrons. The lowest BCUT2D eigenvalue weighted by atomic mass is 10.3. The highest BCUT2D eigenvalue weighted by Crippen LogP contribution is 2.10. The number of halogens is 1. The molecule has 0 spiro atoms. The van der Waals surface area contributed by atoms with Crippen LogP contribution in [0.3, 0.4) is 0 Å². The molecule has 1 fully saturated rings. The van der Waals surface area contributed by atoms with Crippen LogP contribution in [0.2, 0.25) is 0 Å². The SMILES string of the molecule is CCNC(=NCCCSC)NC1CCS(=O)(=O)C1.I. The van der Waals surface area contributed by atoms with Crippen LogP contribution in [0, 0.1) is 0 Å². The van der Waals surface area contributed by atoms with Crippen LogP contribution in [-0.4, -0.2) is 57.0 Å². The first-order valence-corrected chi connectivity index (χ1v) is 9.53. The molecule has 1 saturated heterocycles. The van der Waals surface area contributed by atoms with Gasteiger partial charge in [-0.1, -0.05) is 0 Å². The van der Waals surface area contributed by atoms with Crippen molar-refractivity contribution in [2.24, 2.45) is 4.99 Å². The van der Waals surface area contributed by atoms with Crippen LogP contribution < -0.4 is 10.6 Å². The predicted octanol–water partition coefficient (Wildman–Crippen LogP) is 1.10. The van der Waals surface area contributed by atoms with Crippen LogP contribution in [0.4, 0.5) is 0 Å². The maximum absolute atomic E-state index is 11.4. The van der Waals surface area contributed by atoms with Crippen molar-refractivity contribution in [3.8, 4) is 0 Å². The van der Waals surface area contributed by atoms with Crippen molar-refractivity contribution in [2.45, 2.75) is 25.8 Å². The molecular weight excluding hydrogens is 397 g/mol. The quantitative estimate of drug-likeness (QED) is 0.291. The van der Waals surface area contributed by atoms with Crippen molar-refractivity contribution < 1.29 is 8.42 Å². The van der Waals surface area contributed by atoms with E-state index in [-0.39, 0.29) is 41.5 Å². The molecule has 0 amide bonds. The molecule has 0 saturated carbocycles. The van der Waals surface area contributed by atoms with E-state index >= 15 is 0 Å². The molecule has 1 atom stereocenters. The number of nitrogens with zero attached hydrogens (tertiary/aromatic N) is 1. The highest BCUT2D eigenvalue weighted by atomic mass is 127. The first kappa shape index (κ1) is 19.3. The highest BCUT2D eigenvalue weighted by molar-refractivity contribution is 14.0. The lowest BCUT2D eigenvalue weighted by Crippen LogP contribution is -2.44. The van der Waals surface area contributed by atoms with Crippen LogP contribution in [-0.2, 0) is 9.84 Å². The van der Waals surface area contributed by atoms with Gasteiger partial charge in [-0.3, -0.25) is 4.99 Å². The first-order chi connectivity index (χ1) is 8.57. The largest absolute Gasteiger partial charge is 0.357 e. The zero-order chi connectivity index (χ0) is 13.4. The fraction of sp³-hybridized carbons (Fsp3) is 0.909. The van der Waals surface area contributed by atoms with Gasteiger partial charge in [-0.15, -0.1) is 24.0 Å². The van der Waals surface area contributed by atoms with Gasteiger partial charge in [-0.05, 0) is 31.8 Å².